The number of carbonyl (C=O) groups is 1. The molecule has 1 aliphatic rings. The fourth-order valence-electron chi connectivity index (χ4n) is 2.19. The Morgan fingerprint density at radius 1 is 1.29 bits per heavy atom. The summed E-state index contributed by atoms with van der Waals surface area (Å²) in [5.74, 6) is -1.17. The van der Waals surface area contributed by atoms with Crippen molar-refractivity contribution in [2.45, 2.75) is 43.8 Å². The van der Waals surface area contributed by atoms with Crippen LogP contribution in [0.15, 0.2) is 0 Å². The van der Waals surface area contributed by atoms with E-state index in [9.17, 15) is 13.2 Å². The second kappa shape index (κ2) is 6.01. The number of hydrogen-bond acceptors (Lipinski definition) is 4. The molecule has 0 bridgehead atoms. The quantitative estimate of drug-likeness (QED) is 0.752. The topological polar surface area (TPSA) is 95.2 Å². The minimum Gasteiger partial charge on any atom is -0.481 e. The summed E-state index contributed by atoms with van der Waals surface area (Å²) >= 11 is 0. The molecular formula is C11H17NO4S. The van der Waals surface area contributed by atoms with Crippen molar-refractivity contribution in [2.24, 2.45) is 5.92 Å². The van der Waals surface area contributed by atoms with E-state index in [1.54, 1.807) is 0 Å². The molecule has 1 rings (SSSR count). The maximum absolute atomic E-state index is 11.9. The SMILES string of the molecule is N#CCCCS(=O)(=O)C1CCC(C(=O)O)CC1. The van der Waals surface area contributed by atoms with Crippen LogP contribution >= 0.6 is 0 Å². The molecule has 17 heavy (non-hydrogen) atoms. The molecule has 0 heterocycles. The molecule has 1 aliphatic carbocycles. The molecule has 0 atom stereocenters. The van der Waals surface area contributed by atoms with Crippen LogP contribution in [-0.2, 0) is 14.6 Å². The molecule has 6 heteroatoms. The highest BCUT2D eigenvalue weighted by molar-refractivity contribution is 7.92. The van der Waals surface area contributed by atoms with Crippen molar-refractivity contribution in [3.63, 3.8) is 0 Å². The number of carboxylic acids is 1. The molecule has 0 radical (unpaired) electrons. The molecule has 5 nitrogen and oxygen atoms in total. The van der Waals surface area contributed by atoms with Crippen molar-refractivity contribution in [1.82, 2.24) is 0 Å². The Kier molecular flexibility index (Phi) is 4.94. The van der Waals surface area contributed by atoms with Crippen molar-refractivity contribution in [1.29, 1.82) is 5.26 Å². The molecule has 0 aromatic rings. The Hall–Kier alpha value is -1.09. The lowest BCUT2D eigenvalue weighted by Gasteiger charge is -2.25. The fraction of sp³-hybridized carbons (Fsp3) is 0.818. The van der Waals surface area contributed by atoms with E-state index in [0.717, 1.165) is 0 Å². The summed E-state index contributed by atoms with van der Waals surface area (Å²) in [7, 11) is -3.15. The van der Waals surface area contributed by atoms with Gasteiger partial charge in [0.25, 0.3) is 0 Å². The third kappa shape index (κ3) is 4.00. The Morgan fingerprint density at radius 3 is 2.35 bits per heavy atom. The van der Waals surface area contributed by atoms with Crippen LogP contribution in [0.2, 0.25) is 0 Å². The van der Waals surface area contributed by atoms with Gasteiger partial charge in [-0.1, -0.05) is 0 Å². The molecular weight excluding hydrogens is 242 g/mol. The number of rotatable bonds is 5. The maximum Gasteiger partial charge on any atom is 0.306 e. The number of unbranched alkanes of at least 4 members (excludes halogenated alkanes) is 1. The van der Waals surface area contributed by atoms with Gasteiger partial charge in [0.2, 0.25) is 0 Å². The summed E-state index contributed by atoms with van der Waals surface area (Å²) in [6.07, 6.45) is 2.38. The zero-order valence-corrected chi connectivity index (χ0v) is 10.4. The van der Waals surface area contributed by atoms with Crippen molar-refractivity contribution in [2.75, 3.05) is 5.75 Å². The van der Waals surface area contributed by atoms with E-state index >= 15 is 0 Å². The summed E-state index contributed by atoms with van der Waals surface area (Å²) in [5.41, 5.74) is 0. The number of nitriles is 1. The van der Waals surface area contributed by atoms with Gasteiger partial charge in [-0.2, -0.15) is 5.26 Å². The monoisotopic (exact) mass is 259 g/mol. The number of sulfone groups is 1. The highest BCUT2D eigenvalue weighted by atomic mass is 32.2. The van der Waals surface area contributed by atoms with Crippen LogP contribution in [0.3, 0.4) is 0 Å². The lowest BCUT2D eigenvalue weighted by atomic mass is 9.89. The second-order valence-electron chi connectivity index (χ2n) is 4.44. The van der Waals surface area contributed by atoms with Crippen LogP contribution in [0.1, 0.15) is 38.5 Å². The molecule has 0 saturated heterocycles. The van der Waals surface area contributed by atoms with Gasteiger partial charge in [0.15, 0.2) is 9.84 Å². The van der Waals surface area contributed by atoms with Crippen LogP contribution in [0.25, 0.3) is 0 Å². The minimum atomic E-state index is -3.15. The van der Waals surface area contributed by atoms with Gasteiger partial charge in [-0.25, -0.2) is 8.42 Å². The summed E-state index contributed by atoms with van der Waals surface area (Å²) in [5, 5.41) is 16.8. The van der Waals surface area contributed by atoms with Crippen molar-refractivity contribution in [3.05, 3.63) is 0 Å². The van der Waals surface area contributed by atoms with E-state index in [1.165, 1.54) is 0 Å². The number of aliphatic carboxylic acids is 1. The largest absolute Gasteiger partial charge is 0.481 e. The van der Waals surface area contributed by atoms with Crippen LogP contribution in [0.5, 0.6) is 0 Å². The number of carboxylic acid groups (broad SMARTS) is 1. The summed E-state index contributed by atoms with van der Waals surface area (Å²) in [6.45, 7) is 0. The molecule has 0 aromatic heterocycles. The maximum atomic E-state index is 11.9. The lowest BCUT2D eigenvalue weighted by molar-refractivity contribution is -0.142. The predicted molar refractivity (Wildman–Crippen MR) is 62.0 cm³/mol. The molecule has 0 aliphatic heterocycles. The standard InChI is InChI=1S/C11H17NO4S/c12-7-1-2-8-17(15,16)10-5-3-9(4-6-10)11(13)14/h9-10H,1-6,8H2,(H,13,14). The third-order valence-electron chi connectivity index (χ3n) is 3.25. The first kappa shape index (κ1) is 14.0. The minimum absolute atomic E-state index is 0.0446. The van der Waals surface area contributed by atoms with Crippen LogP contribution in [0.4, 0.5) is 0 Å². The van der Waals surface area contributed by atoms with E-state index < -0.39 is 21.1 Å². The van der Waals surface area contributed by atoms with Gasteiger partial charge in [0, 0.05) is 6.42 Å². The van der Waals surface area contributed by atoms with Crippen molar-refractivity contribution >= 4 is 15.8 Å². The molecule has 0 amide bonds. The highest BCUT2D eigenvalue weighted by Crippen LogP contribution is 2.29. The molecule has 1 fully saturated rings. The van der Waals surface area contributed by atoms with Crippen molar-refractivity contribution < 1.29 is 18.3 Å². The molecule has 1 saturated carbocycles. The molecule has 0 aromatic carbocycles. The lowest BCUT2D eigenvalue weighted by Crippen LogP contribution is -2.31. The van der Waals surface area contributed by atoms with Gasteiger partial charge in [-0.05, 0) is 32.1 Å². The van der Waals surface area contributed by atoms with E-state index in [1.807, 2.05) is 6.07 Å². The Balaban J connectivity index is 2.47. The zero-order chi connectivity index (χ0) is 12.9. The second-order valence-corrected chi connectivity index (χ2v) is 6.84. The first-order valence-corrected chi connectivity index (χ1v) is 7.50. The molecule has 0 spiro atoms. The summed E-state index contributed by atoms with van der Waals surface area (Å²) in [4.78, 5) is 10.7. The zero-order valence-electron chi connectivity index (χ0n) is 9.63. The Labute approximate surface area is 101 Å². The summed E-state index contributed by atoms with van der Waals surface area (Å²) < 4.78 is 23.8. The Morgan fingerprint density at radius 2 is 1.88 bits per heavy atom. The first-order valence-electron chi connectivity index (χ1n) is 5.78. The number of nitrogens with zero attached hydrogens (tertiary/aromatic N) is 1. The molecule has 0 unspecified atom stereocenters. The smallest absolute Gasteiger partial charge is 0.306 e. The van der Waals surface area contributed by atoms with Gasteiger partial charge in [0.1, 0.15) is 0 Å². The van der Waals surface area contributed by atoms with Gasteiger partial charge in [0.05, 0.1) is 23.0 Å². The van der Waals surface area contributed by atoms with Crippen LogP contribution < -0.4 is 0 Å². The van der Waals surface area contributed by atoms with Crippen LogP contribution in [0, 0.1) is 17.2 Å². The van der Waals surface area contributed by atoms with Gasteiger partial charge < -0.3 is 5.11 Å². The van der Waals surface area contributed by atoms with E-state index in [0.29, 0.717) is 32.1 Å². The predicted octanol–water partition coefficient (Wildman–Crippen LogP) is 1.35. The van der Waals surface area contributed by atoms with Gasteiger partial charge >= 0.3 is 5.97 Å². The van der Waals surface area contributed by atoms with E-state index in [-0.39, 0.29) is 18.1 Å². The van der Waals surface area contributed by atoms with Gasteiger partial charge in [-0.15, -0.1) is 0 Å². The average Bonchev–Trinajstić information content (AvgIpc) is 2.29. The molecule has 1 N–H and O–H groups in total. The number of hydrogen-bond donors (Lipinski definition) is 1. The average molecular weight is 259 g/mol. The van der Waals surface area contributed by atoms with E-state index in [2.05, 4.69) is 0 Å². The van der Waals surface area contributed by atoms with Crippen LogP contribution in [-0.4, -0.2) is 30.5 Å². The van der Waals surface area contributed by atoms with Gasteiger partial charge in [-0.3, -0.25) is 4.79 Å². The fourth-order valence-corrected chi connectivity index (χ4v) is 4.06. The molecule has 96 valence electrons. The summed E-state index contributed by atoms with van der Waals surface area (Å²) in [6, 6.07) is 1.92. The normalized spacial score (nSPS) is 25.1. The van der Waals surface area contributed by atoms with E-state index in [4.69, 9.17) is 10.4 Å². The first-order chi connectivity index (χ1) is 7.97. The third-order valence-corrected chi connectivity index (χ3v) is 5.59. The highest BCUT2D eigenvalue weighted by Gasteiger charge is 2.32. The van der Waals surface area contributed by atoms with Crippen molar-refractivity contribution in [3.8, 4) is 6.07 Å². The Bertz CT molecular complexity index is 402.